The maximum atomic E-state index is 14.4. The Labute approximate surface area is 218 Å². The van der Waals surface area contributed by atoms with Crippen LogP contribution in [0.2, 0.25) is 0 Å². The van der Waals surface area contributed by atoms with Gasteiger partial charge in [-0.3, -0.25) is 0 Å². The molecule has 194 valence electrons. The van der Waals surface area contributed by atoms with Gasteiger partial charge in [0.05, 0.1) is 16.0 Å². The van der Waals surface area contributed by atoms with Crippen LogP contribution < -0.4 is 16.4 Å². The van der Waals surface area contributed by atoms with Crippen molar-refractivity contribution < 1.29 is 22.7 Å². The predicted molar refractivity (Wildman–Crippen MR) is 141 cm³/mol. The number of thiocarbonyl (C=S) groups is 1. The fraction of sp³-hybridized carbons (Fsp3) is 0.250. The highest BCUT2D eigenvalue weighted by molar-refractivity contribution is 7.81. The number of aromatic nitrogens is 3. The van der Waals surface area contributed by atoms with Gasteiger partial charge in [0.1, 0.15) is 44.5 Å². The van der Waals surface area contributed by atoms with Crippen LogP contribution in [0, 0.1) is 29.2 Å². The quantitative estimate of drug-likeness (QED) is 0.160. The van der Waals surface area contributed by atoms with Crippen molar-refractivity contribution in [1.82, 2.24) is 15.0 Å². The van der Waals surface area contributed by atoms with Crippen LogP contribution >= 0.6 is 23.6 Å². The van der Waals surface area contributed by atoms with E-state index in [2.05, 4.69) is 25.6 Å². The number of rotatable bonds is 9. The molecule has 2 aromatic carbocycles. The number of thiazole rings is 1. The lowest BCUT2D eigenvalue weighted by molar-refractivity contribution is 0.217. The first-order chi connectivity index (χ1) is 17.7. The van der Waals surface area contributed by atoms with E-state index in [4.69, 9.17) is 18.0 Å². The van der Waals surface area contributed by atoms with E-state index in [1.165, 1.54) is 6.07 Å². The number of halogens is 4. The van der Waals surface area contributed by atoms with Crippen LogP contribution in [-0.4, -0.2) is 38.2 Å². The fourth-order valence-electron chi connectivity index (χ4n) is 3.63. The third-order valence-corrected chi connectivity index (χ3v) is 6.94. The lowest BCUT2D eigenvalue weighted by Crippen LogP contribution is -2.20. The summed E-state index contributed by atoms with van der Waals surface area (Å²) in [6.45, 7) is 2.35. The van der Waals surface area contributed by atoms with Gasteiger partial charge in [0.15, 0.2) is 5.82 Å². The molecule has 0 saturated carbocycles. The van der Waals surface area contributed by atoms with Crippen molar-refractivity contribution in [2.24, 2.45) is 5.92 Å². The van der Waals surface area contributed by atoms with Crippen LogP contribution in [0.4, 0.5) is 35.0 Å². The molecule has 13 heteroatoms. The minimum Gasteiger partial charge on any atom is -0.396 e. The second-order valence-electron chi connectivity index (χ2n) is 8.16. The molecule has 0 saturated heterocycles. The van der Waals surface area contributed by atoms with E-state index >= 15 is 0 Å². The molecule has 0 spiro atoms. The number of benzene rings is 2. The van der Waals surface area contributed by atoms with Gasteiger partial charge in [-0.2, -0.15) is 4.98 Å². The van der Waals surface area contributed by atoms with Crippen molar-refractivity contribution in [3.8, 4) is 10.7 Å². The molecule has 1 unspecified atom stereocenters. The molecule has 5 N–H and O–H groups in total. The van der Waals surface area contributed by atoms with Gasteiger partial charge in [0.25, 0.3) is 0 Å². The molecule has 0 aliphatic carbocycles. The summed E-state index contributed by atoms with van der Waals surface area (Å²) in [7, 11) is 0. The number of nitrogens with zero attached hydrogens (tertiary/aromatic N) is 3. The summed E-state index contributed by atoms with van der Waals surface area (Å²) in [4.78, 5) is 12.8. The normalized spacial score (nSPS) is 12.1. The third-order valence-electron chi connectivity index (χ3n) is 5.63. The van der Waals surface area contributed by atoms with E-state index in [-0.39, 0.29) is 61.4 Å². The van der Waals surface area contributed by atoms with Crippen LogP contribution in [0.25, 0.3) is 20.9 Å². The maximum Gasteiger partial charge on any atom is 0.222 e. The first-order valence-corrected chi connectivity index (χ1v) is 12.5. The van der Waals surface area contributed by atoms with Gasteiger partial charge >= 0.3 is 0 Å². The van der Waals surface area contributed by atoms with Gasteiger partial charge in [-0.05, 0) is 30.5 Å². The summed E-state index contributed by atoms with van der Waals surface area (Å²) < 4.78 is 56.2. The van der Waals surface area contributed by atoms with Gasteiger partial charge in [-0.25, -0.2) is 27.5 Å². The molecule has 0 aliphatic rings. The number of fused-ring (bicyclic) bond motifs is 1. The van der Waals surface area contributed by atoms with Crippen molar-refractivity contribution in [3.63, 3.8) is 0 Å². The van der Waals surface area contributed by atoms with E-state index in [1.807, 2.05) is 6.92 Å². The van der Waals surface area contributed by atoms with Crippen molar-refractivity contribution >= 4 is 56.2 Å². The number of nitrogen functional groups attached to an aromatic ring is 1. The zero-order chi connectivity index (χ0) is 26.7. The first-order valence-electron chi connectivity index (χ1n) is 11.2. The smallest absolute Gasteiger partial charge is 0.222 e. The number of hydrogen-bond donors (Lipinski definition) is 4. The molecule has 1 atom stereocenters. The molecule has 0 amide bonds. The fourth-order valence-corrected chi connectivity index (χ4v) is 4.93. The largest absolute Gasteiger partial charge is 0.396 e. The average molecular weight is 551 g/mol. The Kier molecular flexibility index (Phi) is 8.15. The maximum absolute atomic E-state index is 14.4. The van der Waals surface area contributed by atoms with E-state index in [0.717, 1.165) is 36.0 Å². The average Bonchev–Trinajstić information content (AvgIpc) is 3.27. The highest BCUT2D eigenvalue weighted by Crippen LogP contribution is 2.36. The Morgan fingerprint density at radius 2 is 1.84 bits per heavy atom. The van der Waals surface area contributed by atoms with Crippen LogP contribution in [0.1, 0.15) is 25.3 Å². The molecule has 37 heavy (non-hydrogen) atoms. The number of anilines is 3. The molecular formula is C24H22F4N6OS2. The van der Waals surface area contributed by atoms with Crippen LogP contribution in [-0.2, 0) is 0 Å². The highest BCUT2D eigenvalue weighted by Gasteiger charge is 2.24. The SMILES string of the molecule is CCC(CO)CCNc1nc(N)nc(-c2nc3c(F)cc(F)cc3s2)c1C(=S)Nc1ccc(F)cc1F. The Morgan fingerprint density at radius 3 is 2.54 bits per heavy atom. The van der Waals surface area contributed by atoms with Gasteiger partial charge in [-0.15, -0.1) is 11.3 Å². The van der Waals surface area contributed by atoms with Gasteiger partial charge in [0, 0.05) is 25.3 Å². The van der Waals surface area contributed by atoms with Gasteiger partial charge in [-0.1, -0.05) is 25.6 Å². The highest BCUT2D eigenvalue weighted by atomic mass is 32.1. The Bertz CT molecular complexity index is 1460. The Balaban J connectivity index is 1.81. The van der Waals surface area contributed by atoms with Crippen molar-refractivity contribution in [1.29, 1.82) is 0 Å². The second-order valence-corrected chi connectivity index (χ2v) is 9.60. The third kappa shape index (κ3) is 5.95. The van der Waals surface area contributed by atoms with Crippen molar-refractivity contribution in [2.45, 2.75) is 19.8 Å². The lowest BCUT2D eigenvalue weighted by atomic mass is 10.0. The summed E-state index contributed by atoms with van der Waals surface area (Å²) in [6, 6.07) is 4.83. The zero-order valence-electron chi connectivity index (χ0n) is 19.5. The number of hydrogen-bond acceptors (Lipinski definition) is 8. The first kappa shape index (κ1) is 26.6. The van der Waals surface area contributed by atoms with Crippen LogP contribution in [0.5, 0.6) is 0 Å². The van der Waals surface area contributed by atoms with Gasteiger partial charge < -0.3 is 21.5 Å². The standard InChI is InChI=1S/C24H22F4N6OS2/c1-2-11(10-35)5-6-30-21-18(22(36)31-16-4-3-12(25)7-14(16)27)20(33-24(29)34-21)23-32-19-15(28)8-13(26)9-17(19)37-23/h3-4,7-9,11,35H,2,5-6,10H2,1H3,(H,31,36)(H3,29,30,33,34). The predicted octanol–water partition coefficient (Wildman–Crippen LogP) is 5.50. The molecule has 2 heterocycles. The van der Waals surface area contributed by atoms with Crippen LogP contribution in [0.15, 0.2) is 30.3 Å². The Hall–Kier alpha value is -3.42. The van der Waals surface area contributed by atoms with E-state index in [0.29, 0.717) is 19.0 Å². The molecule has 4 rings (SSSR count). The van der Waals surface area contributed by atoms with E-state index in [1.54, 1.807) is 0 Å². The van der Waals surface area contributed by atoms with Crippen molar-refractivity contribution in [3.05, 3.63) is 59.2 Å². The minimum absolute atomic E-state index is 0.0137. The number of aliphatic hydroxyl groups excluding tert-OH is 1. The van der Waals surface area contributed by atoms with Crippen molar-refractivity contribution in [2.75, 3.05) is 29.5 Å². The molecular weight excluding hydrogens is 528 g/mol. The molecule has 4 aromatic rings. The van der Waals surface area contributed by atoms with Gasteiger partial charge in [0.2, 0.25) is 5.95 Å². The number of nitrogens with one attached hydrogen (secondary N) is 2. The molecule has 0 radical (unpaired) electrons. The van der Waals surface area contributed by atoms with Crippen LogP contribution in [0.3, 0.4) is 0 Å². The molecule has 0 fully saturated rings. The topological polar surface area (TPSA) is 109 Å². The second kappa shape index (κ2) is 11.3. The lowest BCUT2D eigenvalue weighted by Gasteiger charge is -2.18. The Morgan fingerprint density at radius 1 is 1.08 bits per heavy atom. The molecule has 2 aromatic heterocycles. The summed E-state index contributed by atoms with van der Waals surface area (Å²) in [5.41, 5.74) is 6.11. The number of nitrogens with two attached hydrogens (primary N) is 1. The number of aliphatic hydroxyl groups is 1. The monoisotopic (exact) mass is 550 g/mol. The summed E-state index contributed by atoms with van der Waals surface area (Å²) in [5, 5.41) is 15.5. The molecule has 0 aliphatic heterocycles. The molecule has 0 bridgehead atoms. The van der Waals surface area contributed by atoms with E-state index < -0.39 is 23.3 Å². The molecule has 7 nitrogen and oxygen atoms in total. The zero-order valence-corrected chi connectivity index (χ0v) is 21.1. The summed E-state index contributed by atoms with van der Waals surface area (Å²) >= 11 is 6.52. The van der Waals surface area contributed by atoms with E-state index in [9.17, 15) is 22.7 Å². The summed E-state index contributed by atoms with van der Waals surface area (Å²) in [6.07, 6.45) is 1.37. The summed E-state index contributed by atoms with van der Waals surface area (Å²) in [5.74, 6) is -3.13. The minimum atomic E-state index is -0.874.